The first-order valence-corrected chi connectivity index (χ1v) is 9.81. The quantitative estimate of drug-likeness (QED) is 0.733. The summed E-state index contributed by atoms with van der Waals surface area (Å²) in [6.07, 6.45) is 4.32. The van der Waals surface area contributed by atoms with Crippen LogP contribution in [0.25, 0.3) is 0 Å². The lowest BCUT2D eigenvalue weighted by atomic mass is 9.71. The maximum atomic E-state index is 13.2. The van der Waals surface area contributed by atoms with E-state index in [0.717, 1.165) is 18.5 Å². The fourth-order valence-corrected chi connectivity index (χ4v) is 5.16. The number of nitrogens with zero attached hydrogens (tertiary/aromatic N) is 3. The Bertz CT molecular complexity index is 839. The van der Waals surface area contributed by atoms with Crippen LogP contribution >= 0.6 is 11.3 Å². The molecule has 2 aromatic rings. The molecule has 4 heterocycles. The lowest BCUT2D eigenvalue weighted by Crippen LogP contribution is -2.47. The zero-order valence-corrected chi connectivity index (χ0v) is 16.1. The molecule has 4 rings (SSSR count). The van der Waals surface area contributed by atoms with Crippen LogP contribution in [0.2, 0.25) is 0 Å². The Hall–Kier alpha value is -2.48. The van der Waals surface area contributed by atoms with Gasteiger partial charge in [0.25, 0.3) is 5.91 Å². The highest BCUT2D eigenvalue weighted by atomic mass is 32.1. The van der Waals surface area contributed by atoms with E-state index in [4.69, 9.17) is 9.47 Å². The number of methoxy groups -OCH3 is 2. The van der Waals surface area contributed by atoms with Gasteiger partial charge in [-0.2, -0.15) is 0 Å². The SMILES string of the molecule is COC(=O)[C@@]1(Cc2cscn2)C[C@H]2CC[C@@H]1N2C(=O)c1ccc(OC)nc1. The Morgan fingerprint density at radius 1 is 1.30 bits per heavy atom. The van der Waals surface area contributed by atoms with E-state index in [2.05, 4.69) is 9.97 Å². The molecule has 1 amide bonds. The average molecular weight is 387 g/mol. The van der Waals surface area contributed by atoms with Crippen LogP contribution in [0.3, 0.4) is 0 Å². The summed E-state index contributed by atoms with van der Waals surface area (Å²) in [5.74, 6) is 0.110. The number of esters is 1. The highest BCUT2D eigenvalue weighted by Gasteiger charge is 2.62. The van der Waals surface area contributed by atoms with E-state index in [-0.39, 0.29) is 24.0 Å². The second kappa shape index (κ2) is 6.92. The van der Waals surface area contributed by atoms with Crippen molar-refractivity contribution in [2.75, 3.05) is 14.2 Å². The van der Waals surface area contributed by atoms with E-state index in [9.17, 15) is 9.59 Å². The van der Waals surface area contributed by atoms with Crippen molar-refractivity contribution in [3.05, 3.63) is 40.5 Å². The van der Waals surface area contributed by atoms with Crippen LogP contribution in [0.15, 0.2) is 29.2 Å². The first-order chi connectivity index (χ1) is 13.1. The molecular weight excluding hydrogens is 366 g/mol. The van der Waals surface area contributed by atoms with Crippen molar-refractivity contribution in [1.29, 1.82) is 0 Å². The summed E-state index contributed by atoms with van der Waals surface area (Å²) in [7, 11) is 2.95. The summed E-state index contributed by atoms with van der Waals surface area (Å²) >= 11 is 1.50. The van der Waals surface area contributed by atoms with Gasteiger partial charge in [0, 0.05) is 36.1 Å². The normalized spacial score (nSPS) is 26.2. The van der Waals surface area contributed by atoms with Crippen molar-refractivity contribution < 1.29 is 19.1 Å². The Kier molecular flexibility index (Phi) is 4.59. The van der Waals surface area contributed by atoms with E-state index in [1.807, 2.05) is 10.3 Å². The van der Waals surface area contributed by atoms with Crippen molar-refractivity contribution >= 4 is 23.2 Å². The minimum atomic E-state index is -0.735. The van der Waals surface area contributed by atoms with Gasteiger partial charge in [-0.1, -0.05) is 0 Å². The summed E-state index contributed by atoms with van der Waals surface area (Å²) in [6.45, 7) is 0. The predicted molar refractivity (Wildman–Crippen MR) is 98.7 cm³/mol. The smallest absolute Gasteiger partial charge is 0.314 e. The number of hydrogen-bond acceptors (Lipinski definition) is 7. The van der Waals surface area contributed by atoms with Gasteiger partial charge < -0.3 is 14.4 Å². The number of pyridine rings is 1. The zero-order chi connectivity index (χ0) is 19.0. The van der Waals surface area contributed by atoms with Crippen LogP contribution in [0.5, 0.6) is 5.88 Å². The summed E-state index contributed by atoms with van der Waals surface area (Å²) < 4.78 is 10.2. The predicted octanol–water partition coefficient (Wildman–Crippen LogP) is 2.33. The lowest BCUT2D eigenvalue weighted by molar-refractivity contribution is -0.154. The van der Waals surface area contributed by atoms with E-state index >= 15 is 0 Å². The third-order valence-corrected chi connectivity index (χ3v) is 6.37. The van der Waals surface area contributed by atoms with Gasteiger partial charge >= 0.3 is 5.97 Å². The van der Waals surface area contributed by atoms with Crippen molar-refractivity contribution in [2.45, 2.75) is 37.8 Å². The summed E-state index contributed by atoms with van der Waals surface area (Å²) in [5.41, 5.74) is 2.40. The molecule has 27 heavy (non-hydrogen) atoms. The Balaban J connectivity index is 1.65. The third-order valence-electron chi connectivity index (χ3n) is 5.74. The molecule has 2 bridgehead atoms. The molecule has 7 nitrogen and oxygen atoms in total. The number of carbonyl (C=O) groups excluding carboxylic acids is 2. The van der Waals surface area contributed by atoms with Crippen LogP contribution in [0.1, 0.15) is 35.3 Å². The van der Waals surface area contributed by atoms with E-state index in [0.29, 0.717) is 24.3 Å². The van der Waals surface area contributed by atoms with Crippen molar-refractivity contribution in [1.82, 2.24) is 14.9 Å². The molecule has 0 saturated carbocycles. The molecule has 8 heteroatoms. The number of carbonyl (C=O) groups is 2. The molecule has 0 N–H and O–H groups in total. The van der Waals surface area contributed by atoms with Gasteiger partial charge in [-0.3, -0.25) is 9.59 Å². The molecule has 2 fully saturated rings. The van der Waals surface area contributed by atoms with Crippen LogP contribution in [0.4, 0.5) is 0 Å². The number of amides is 1. The van der Waals surface area contributed by atoms with Gasteiger partial charge in [-0.05, 0) is 25.3 Å². The maximum Gasteiger partial charge on any atom is 0.314 e. The summed E-state index contributed by atoms with van der Waals surface area (Å²) in [6, 6.07) is 3.23. The van der Waals surface area contributed by atoms with Gasteiger partial charge in [-0.25, -0.2) is 9.97 Å². The first kappa shape index (κ1) is 17.9. The molecule has 0 radical (unpaired) electrons. The number of ether oxygens (including phenoxy) is 2. The molecule has 2 aliphatic heterocycles. The van der Waals surface area contributed by atoms with Crippen LogP contribution in [-0.2, 0) is 16.0 Å². The molecule has 0 aliphatic carbocycles. The van der Waals surface area contributed by atoms with Gasteiger partial charge in [-0.15, -0.1) is 11.3 Å². The lowest BCUT2D eigenvalue weighted by Gasteiger charge is -2.34. The Morgan fingerprint density at radius 3 is 2.78 bits per heavy atom. The monoisotopic (exact) mass is 387 g/mol. The number of hydrogen-bond donors (Lipinski definition) is 0. The van der Waals surface area contributed by atoms with Crippen molar-refractivity contribution in [3.8, 4) is 5.88 Å². The Labute approximate surface area is 161 Å². The van der Waals surface area contributed by atoms with Crippen molar-refractivity contribution in [3.63, 3.8) is 0 Å². The van der Waals surface area contributed by atoms with Gasteiger partial charge in [0.1, 0.15) is 0 Å². The molecule has 0 aromatic carbocycles. The molecular formula is C19H21N3O4S. The minimum Gasteiger partial charge on any atom is -0.481 e. The fourth-order valence-electron chi connectivity index (χ4n) is 4.60. The summed E-state index contributed by atoms with van der Waals surface area (Å²) in [4.78, 5) is 36.4. The average Bonchev–Trinajstić information content (AvgIpc) is 3.42. The Morgan fingerprint density at radius 2 is 2.15 bits per heavy atom. The third kappa shape index (κ3) is 2.88. The number of aromatic nitrogens is 2. The molecule has 142 valence electrons. The van der Waals surface area contributed by atoms with Crippen molar-refractivity contribution in [2.24, 2.45) is 5.41 Å². The van der Waals surface area contributed by atoms with Gasteiger partial charge in [0.05, 0.1) is 36.4 Å². The van der Waals surface area contributed by atoms with E-state index < -0.39 is 5.41 Å². The summed E-state index contributed by atoms with van der Waals surface area (Å²) in [5, 5.41) is 1.95. The van der Waals surface area contributed by atoms with E-state index in [1.54, 1.807) is 17.6 Å². The molecule has 0 unspecified atom stereocenters. The van der Waals surface area contributed by atoms with Crippen LogP contribution in [0, 0.1) is 5.41 Å². The molecule has 3 atom stereocenters. The number of rotatable bonds is 5. The standard InChI is InChI=1S/C19H21N3O4S/c1-25-16-6-3-12(9-20-16)17(23)22-14-4-5-15(22)19(8-14,18(24)26-2)7-13-10-27-11-21-13/h3,6,9-11,14-15H,4-5,7-8H2,1-2H3/t14-,15+,19+/m1/s1. The van der Waals surface area contributed by atoms with E-state index in [1.165, 1.54) is 31.8 Å². The number of thiazole rings is 1. The maximum absolute atomic E-state index is 13.2. The molecule has 2 aromatic heterocycles. The zero-order valence-electron chi connectivity index (χ0n) is 15.3. The molecule has 2 saturated heterocycles. The van der Waals surface area contributed by atoms with Gasteiger partial charge in [0.2, 0.25) is 5.88 Å². The minimum absolute atomic E-state index is 0.0299. The van der Waals surface area contributed by atoms with Crippen LogP contribution in [-0.4, -0.2) is 53.0 Å². The van der Waals surface area contributed by atoms with Gasteiger partial charge in [0.15, 0.2) is 0 Å². The number of fused-ring (bicyclic) bond motifs is 2. The highest BCUT2D eigenvalue weighted by molar-refractivity contribution is 7.07. The first-order valence-electron chi connectivity index (χ1n) is 8.87. The van der Waals surface area contributed by atoms with Crippen LogP contribution < -0.4 is 4.74 Å². The topological polar surface area (TPSA) is 81.6 Å². The largest absolute Gasteiger partial charge is 0.481 e. The fraction of sp³-hybridized carbons (Fsp3) is 0.474. The molecule has 2 aliphatic rings. The highest BCUT2D eigenvalue weighted by Crippen LogP contribution is 2.52. The second-order valence-corrected chi connectivity index (χ2v) is 7.78. The second-order valence-electron chi connectivity index (χ2n) is 7.06. The molecule has 0 spiro atoms.